The number of piperidine rings is 1. The number of fused-ring (bicyclic) bond motifs is 1. The summed E-state index contributed by atoms with van der Waals surface area (Å²) in [6.07, 6.45) is 2.35. The molecule has 0 spiro atoms. The first-order valence-corrected chi connectivity index (χ1v) is 5.89. The minimum atomic E-state index is -0.0933. The molecule has 2 heterocycles. The van der Waals surface area contributed by atoms with Gasteiger partial charge >= 0.3 is 0 Å². The largest absolute Gasteiger partial charge is 0.274 e. The van der Waals surface area contributed by atoms with Gasteiger partial charge in [-0.2, -0.15) is 0 Å². The normalized spacial score (nSPS) is 27.2. The van der Waals surface area contributed by atoms with E-state index in [1.165, 1.54) is 4.90 Å². The number of hydrogen-bond acceptors (Lipinski definition) is 3. The molecule has 1 aromatic rings. The summed E-state index contributed by atoms with van der Waals surface area (Å²) in [5.41, 5.74) is 0.964. The lowest BCUT2D eigenvalue weighted by atomic mass is 10.3. The predicted molar refractivity (Wildman–Crippen MR) is 60.8 cm³/mol. The Morgan fingerprint density at radius 3 is 2.56 bits per heavy atom. The SMILES string of the molecule is Cc1cc(N2C(=O)C3CC3C2=O)ncc1Br. The summed E-state index contributed by atoms with van der Waals surface area (Å²) in [5, 5.41) is 0. The van der Waals surface area contributed by atoms with Crippen LogP contribution in [0.2, 0.25) is 0 Å². The molecule has 0 radical (unpaired) electrons. The molecule has 1 saturated heterocycles. The van der Waals surface area contributed by atoms with Crippen molar-refractivity contribution in [1.29, 1.82) is 0 Å². The van der Waals surface area contributed by atoms with Crippen LogP contribution in [0.15, 0.2) is 16.7 Å². The number of anilines is 1. The number of aromatic nitrogens is 1. The highest BCUT2D eigenvalue weighted by molar-refractivity contribution is 9.10. The van der Waals surface area contributed by atoms with Crippen molar-refractivity contribution in [3.05, 3.63) is 22.3 Å². The molecule has 1 aromatic heterocycles. The van der Waals surface area contributed by atoms with Crippen LogP contribution in [0.25, 0.3) is 0 Å². The number of nitrogens with zero attached hydrogens (tertiary/aromatic N) is 2. The molecule has 2 aliphatic rings. The molecule has 0 N–H and O–H groups in total. The van der Waals surface area contributed by atoms with E-state index < -0.39 is 0 Å². The molecular formula is C11H9BrN2O2. The Bertz CT molecular complexity index is 495. The van der Waals surface area contributed by atoms with Gasteiger partial charge in [-0.05, 0) is 40.9 Å². The van der Waals surface area contributed by atoms with Gasteiger partial charge in [0.15, 0.2) is 0 Å². The van der Waals surface area contributed by atoms with E-state index in [1.54, 1.807) is 12.3 Å². The van der Waals surface area contributed by atoms with Crippen LogP contribution in [0.5, 0.6) is 0 Å². The van der Waals surface area contributed by atoms with E-state index in [-0.39, 0.29) is 23.7 Å². The van der Waals surface area contributed by atoms with Crippen LogP contribution in [0.3, 0.4) is 0 Å². The Balaban J connectivity index is 2.01. The summed E-state index contributed by atoms with van der Waals surface area (Å²) < 4.78 is 0.875. The number of amides is 2. The van der Waals surface area contributed by atoms with E-state index >= 15 is 0 Å². The molecule has 2 amide bonds. The summed E-state index contributed by atoms with van der Waals surface area (Å²) in [4.78, 5) is 28.9. The Morgan fingerprint density at radius 1 is 1.38 bits per heavy atom. The third-order valence-electron chi connectivity index (χ3n) is 3.13. The van der Waals surface area contributed by atoms with Gasteiger partial charge in [-0.1, -0.05) is 0 Å². The average Bonchev–Trinajstić information content (AvgIpc) is 2.98. The summed E-state index contributed by atoms with van der Waals surface area (Å²) in [7, 11) is 0. The number of aryl methyl sites for hydroxylation is 1. The first-order chi connectivity index (χ1) is 7.59. The highest BCUT2D eigenvalue weighted by Crippen LogP contribution is 2.48. The van der Waals surface area contributed by atoms with Crippen LogP contribution >= 0.6 is 15.9 Å². The summed E-state index contributed by atoms with van der Waals surface area (Å²) >= 11 is 3.34. The maximum atomic E-state index is 11.8. The average molecular weight is 281 g/mol. The monoisotopic (exact) mass is 280 g/mol. The second-order valence-electron chi connectivity index (χ2n) is 4.25. The van der Waals surface area contributed by atoms with Crippen molar-refractivity contribution in [2.45, 2.75) is 13.3 Å². The fraction of sp³-hybridized carbons (Fsp3) is 0.364. The van der Waals surface area contributed by atoms with Gasteiger partial charge in [0.25, 0.3) is 0 Å². The van der Waals surface area contributed by atoms with Crippen LogP contribution in [0.1, 0.15) is 12.0 Å². The van der Waals surface area contributed by atoms with Crippen molar-refractivity contribution < 1.29 is 9.59 Å². The smallest absolute Gasteiger partial charge is 0.238 e. The first-order valence-electron chi connectivity index (χ1n) is 5.09. The van der Waals surface area contributed by atoms with Gasteiger partial charge in [-0.3, -0.25) is 9.59 Å². The molecule has 2 atom stereocenters. The number of hydrogen-bond donors (Lipinski definition) is 0. The second-order valence-corrected chi connectivity index (χ2v) is 5.11. The van der Waals surface area contributed by atoms with Crippen molar-refractivity contribution in [2.75, 3.05) is 4.90 Å². The number of halogens is 1. The van der Waals surface area contributed by atoms with Crippen LogP contribution in [-0.4, -0.2) is 16.8 Å². The minimum absolute atomic E-state index is 0.0711. The van der Waals surface area contributed by atoms with Gasteiger partial charge in [-0.15, -0.1) is 0 Å². The third kappa shape index (κ3) is 1.24. The highest BCUT2D eigenvalue weighted by atomic mass is 79.9. The second kappa shape index (κ2) is 3.13. The molecule has 1 aliphatic heterocycles. The van der Waals surface area contributed by atoms with Crippen LogP contribution in [-0.2, 0) is 9.59 Å². The van der Waals surface area contributed by atoms with E-state index in [4.69, 9.17) is 0 Å². The van der Waals surface area contributed by atoms with Gasteiger partial charge in [0.2, 0.25) is 11.8 Å². The lowest BCUT2D eigenvalue weighted by Crippen LogP contribution is -2.33. The fourth-order valence-corrected chi connectivity index (χ4v) is 2.27. The minimum Gasteiger partial charge on any atom is -0.274 e. The maximum Gasteiger partial charge on any atom is 0.238 e. The molecule has 4 nitrogen and oxygen atoms in total. The standard InChI is InChI=1S/C11H9BrN2O2/c1-5-2-9(13-4-8(5)12)14-10(15)6-3-7(6)11(14)16/h2,4,6-7H,3H2,1H3. The van der Waals surface area contributed by atoms with E-state index in [1.807, 2.05) is 6.92 Å². The van der Waals surface area contributed by atoms with Crippen molar-refractivity contribution in [1.82, 2.24) is 4.98 Å². The van der Waals surface area contributed by atoms with E-state index in [2.05, 4.69) is 20.9 Å². The third-order valence-corrected chi connectivity index (χ3v) is 3.96. The van der Waals surface area contributed by atoms with Crippen molar-refractivity contribution in [2.24, 2.45) is 11.8 Å². The highest BCUT2D eigenvalue weighted by Gasteiger charge is 2.59. The Labute approximate surface area is 101 Å². The molecule has 1 aliphatic carbocycles. The zero-order chi connectivity index (χ0) is 11.4. The first kappa shape index (κ1) is 9.96. The summed E-state index contributed by atoms with van der Waals surface area (Å²) in [6, 6.07) is 1.75. The molecule has 3 rings (SSSR count). The van der Waals surface area contributed by atoms with Crippen LogP contribution in [0, 0.1) is 18.8 Å². The number of carbonyl (C=O) groups excluding carboxylic acids is 2. The summed E-state index contributed by atoms with van der Waals surface area (Å²) in [5.74, 6) is 0.118. The van der Waals surface area contributed by atoms with Crippen molar-refractivity contribution in [3.8, 4) is 0 Å². The lowest BCUT2D eigenvalue weighted by molar-refractivity contribution is -0.123. The summed E-state index contributed by atoms with van der Waals surface area (Å²) in [6.45, 7) is 1.90. The zero-order valence-electron chi connectivity index (χ0n) is 8.61. The number of imide groups is 1. The predicted octanol–water partition coefficient (Wildman–Crippen LogP) is 1.66. The van der Waals surface area contributed by atoms with E-state index in [0.717, 1.165) is 16.5 Å². The maximum absolute atomic E-state index is 11.8. The van der Waals surface area contributed by atoms with Crippen LogP contribution < -0.4 is 4.90 Å². The number of carbonyl (C=O) groups is 2. The quantitative estimate of drug-likeness (QED) is 0.736. The Kier molecular flexibility index (Phi) is 1.95. The van der Waals surface area contributed by atoms with Crippen LogP contribution in [0.4, 0.5) is 5.82 Å². The van der Waals surface area contributed by atoms with E-state index in [9.17, 15) is 9.59 Å². The van der Waals surface area contributed by atoms with Gasteiger partial charge in [0, 0.05) is 10.7 Å². The molecule has 1 saturated carbocycles. The molecule has 2 unspecified atom stereocenters. The van der Waals surface area contributed by atoms with Gasteiger partial charge in [0.05, 0.1) is 11.8 Å². The fourth-order valence-electron chi connectivity index (χ4n) is 2.05. The molecule has 82 valence electrons. The molecule has 2 fully saturated rings. The molecule has 0 aromatic carbocycles. The molecule has 0 bridgehead atoms. The lowest BCUT2D eigenvalue weighted by Gasteiger charge is -2.15. The van der Waals surface area contributed by atoms with Gasteiger partial charge in [-0.25, -0.2) is 9.88 Å². The van der Waals surface area contributed by atoms with Crippen molar-refractivity contribution in [3.63, 3.8) is 0 Å². The molecular weight excluding hydrogens is 272 g/mol. The molecule has 16 heavy (non-hydrogen) atoms. The zero-order valence-corrected chi connectivity index (χ0v) is 10.2. The van der Waals surface area contributed by atoms with E-state index in [0.29, 0.717) is 5.82 Å². The molecule has 5 heteroatoms. The van der Waals surface area contributed by atoms with Gasteiger partial charge < -0.3 is 0 Å². The Hall–Kier alpha value is -1.23. The Morgan fingerprint density at radius 2 is 2.00 bits per heavy atom. The number of pyridine rings is 1. The van der Waals surface area contributed by atoms with Crippen molar-refractivity contribution >= 4 is 33.6 Å². The van der Waals surface area contributed by atoms with Gasteiger partial charge in [0.1, 0.15) is 5.82 Å². The topological polar surface area (TPSA) is 50.3 Å². The number of rotatable bonds is 1.